The predicted octanol–water partition coefficient (Wildman–Crippen LogP) is 16.4. The van der Waals surface area contributed by atoms with Crippen LogP contribution in [0.3, 0.4) is 0 Å². The van der Waals surface area contributed by atoms with Crippen LogP contribution in [0.1, 0.15) is 310 Å². The number of carbonyl (C=O) groups excluding carboxylic acids is 9. The molecule has 3 aliphatic rings. The fourth-order valence-corrected chi connectivity index (χ4v) is 14.4. The number of ether oxygens (including phenoxy) is 12. The van der Waals surface area contributed by atoms with Gasteiger partial charge >= 0.3 is 104 Å². The third kappa shape index (κ3) is 45.3. The molecule has 6 rings (SSSR count). The van der Waals surface area contributed by atoms with Gasteiger partial charge < -0.3 is 67.7 Å². The summed E-state index contributed by atoms with van der Waals surface area (Å²) in [6.07, 6.45) is -1.77. The quantitative estimate of drug-likeness (QED) is 0.00690. The van der Waals surface area contributed by atoms with Crippen LogP contribution in [0.2, 0.25) is 1.41 Å². The summed E-state index contributed by atoms with van der Waals surface area (Å²) in [6, 6.07) is 3.48. The van der Waals surface area contributed by atoms with E-state index in [2.05, 4.69) is 35.7 Å². The lowest BCUT2D eigenvalue weighted by molar-refractivity contribution is -0.177. The molecule has 3 saturated heterocycles. The highest BCUT2D eigenvalue weighted by atomic mass is 127. The number of unbranched alkanes of at least 4 members (excludes halogenated alkanes) is 15. The monoisotopic (exact) mass is 2290 g/mol. The number of esters is 9. The minimum Gasteiger partial charge on any atom is -0.460 e. The number of nitrogens with two attached hydrogens (primary N) is 1. The maximum atomic E-state index is 16.2. The zero-order valence-electron chi connectivity index (χ0n) is 85.0. The number of anilines is 1. The maximum Gasteiger partial charge on any atom is 0.480 e. The number of aromatic nitrogens is 6. The highest BCUT2D eigenvalue weighted by molar-refractivity contribution is 14.2. The fraction of sp³-hybridized carbons (Fsp3) is 0.767. The van der Waals surface area contributed by atoms with Crippen LogP contribution in [0.5, 0.6) is 0 Å². The molecule has 3 aliphatic heterocycles. The number of rotatable bonds is 50. The largest absolute Gasteiger partial charge is 0.480 e. The first-order valence-electron chi connectivity index (χ1n) is 46.7. The molecule has 0 amide bonds. The van der Waals surface area contributed by atoms with Crippen LogP contribution in [0, 0.1) is 21.7 Å². The van der Waals surface area contributed by atoms with Crippen molar-refractivity contribution in [1.82, 2.24) is 30.4 Å². The Kier molecular flexibility index (Phi) is 52.7. The van der Waals surface area contributed by atoms with Crippen LogP contribution >= 0.6 is 61.4 Å². The molecular weight excluding hydrogens is 2150 g/mol. The van der Waals surface area contributed by atoms with Crippen molar-refractivity contribution in [2.45, 2.75) is 377 Å². The van der Waals surface area contributed by atoms with Gasteiger partial charge in [0.1, 0.15) is 36.7 Å². The van der Waals surface area contributed by atoms with E-state index in [9.17, 15) is 71.8 Å². The van der Waals surface area contributed by atoms with Gasteiger partial charge in [-0.2, -0.15) is 41.3 Å². The average molecular weight is 2300 g/mol. The summed E-state index contributed by atoms with van der Waals surface area (Å²) in [5.41, 5.74) is -3.43. The number of aliphatic hydroxyl groups is 1. The molecule has 41 nitrogen and oxygen atoms in total. The molecule has 806 valence electrons. The normalized spacial score (nSPS) is 19.6. The van der Waals surface area contributed by atoms with Gasteiger partial charge in [0.25, 0.3) is 0 Å². The molecule has 3 fully saturated rings. The number of nitrogens with zero attached hydrogens (tertiary/aromatic N) is 6. The molecule has 0 bridgehead atoms. The Morgan fingerprint density at radius 2 is 0.667 bits per heavy atom. The Labute approximate surface area is 846 Å². The molecule has 3 aromatic heterocycles. The Hall–Kier alpha value is -7.27. The number of alkyl halides is 6. The number of carbonyl (C=O) groups is 9. The highest BCUT2D eigenvalue weighted by Crippen LogP contribution is 2.54. The van der Waals surface area contributed by atoms with Gasteiger partial charge in [-0.15, -0.1) is 0 Å². The number of phosphoric ester groups is 2. The Morgan fingerprint density at radius 3 is 0.915 bits per heavy atom. The minimum atomic E-state index is -4.90. The van der Waals surface area contributed by atoms with Crippen molar-refractivity contribution in [1.29, 1.82) is 0 Å². The van der Waals surface area contributed by atoms with E-state index in [-0.39, 0.29) is 42.9 Å². The third-order valence-corrected chi connectivity index (χ3v) is 22.5. The van der Waals surface area contributed by atoms with Gasteiger partial charge in [-0.25, -0.2) is 43.3 Å². The molecule has 0 spiro atoms. The fourth-order valence-electron chi connectivity index (χ4n) is 12.6. The van der Waals surface area contributed by atoms with Crippen molar-refractivity contribution in [3.63, 3.8) is 0 Å². The number of aliphatic hydroxyl groups excluding tert-OH is 1. The van der Waals surface area contributed by atoms with E-state index in [0.29, 0.717) is 45.8 Å². The zero-order chi connectivity index (χ0) is 108. The number of hydrogen-bond donors (Lipinski definition) is 3. The molecule has 3 aromatic rings. The van der Waals surface area contributed by atoms with Crippen LogP contribution in [0.15, 0.2) is 51.2 Å². The van der Waals surface area contributed by atoms with Gasteiger partial charge in [0.15, 0.2) is 18.3 Å². The Bertz CT molecular complexity index is 4740. The summed E-state index contributed by atoms with van der Waals surface area (Å²) in [4.78, 5) is 160. The Balaban J connectivity index is 0.000000548. The first kappa shape index (κ1) is 126. The van der Waals surface area contributed by atoms with Crippen LogP contribution in [-0.2, 0) is 149 Å². The second kappa shape index (κ2) is 58.9. The number of halogens is 8. The second-order valence-corrected chi connectivity index (χ2v) is 45.3. The smallest absolute Gasteiger partial charge is 0.460 e. The molecule has 0 unspecified atom stereocenters. The molecule has 0 saturated carbocycles. The van der Waals surface area contributed by atoms with Crippen molar-refractivity contribution in [2.24, 2.45) is 21.7 Å². The lowest BCUT2D eigenvalue weighted by atomic mass is 9.98. The molecular formula is C90H142F6I2N8O33P2. The summed E-state index contributed by atoms with van der Waals surface area (Å²) in [5, 5.41) is 9.54. The van der Waals surface area contributed by atoms with Crippen LogP contribution < -0.4 is 24.5 Å². The van der Waals surface area contributed by atoms with E-state index in [1.165, 1.54) is 7.80 Å². The second-order valence-electron chi connectivity index (χ2n) is 39.1. The van der Waals surface area contributed by atoms with Crippen molar-refractivity contribution in [3.05, 3.63) is 79.6 Å². The van der Waals surface area contributed by atoms with E-state index in [0.717, 1.165) is 114 Å². The summed E-state index contributed by atoms with van der Waals surface area (Å²) >= 11 is 3.66. The van der Waals surface area contributed by atoms with Crippen LogP contribution in [-0.4, -0.2) is 200 Å². The first-order chi connectivity index (χ1) is 65.6. The topological polar surface area (TPSA) is 517 Å². The van der Waals surface area contributed by atoms with Gasteiger partial charge in [-0.05, 0) is 162 Å². The lowest BCUT2D eigenvalue weighted by Crippen LogP contribution is -2.44. The van der Waals surface area contributed by atoms with Crippen LogP contribution in [0.25, 0.3) is 0 Å². The Morgan fingerprint density at radius 1 is 0.418 bits per heavy atom. The predicted molar refractivity (Wildman–Crippen MR) is 511 cm³/mol. The van der Waals surface area contributed by atoms with Gasteiger partial charge in [0.2, 0.25) is 45.9 Å². The molecule has 0 radical (unpaired) electrons. The van der Waals surface area contributed by atoms with E-state index < -0.39 is 246 Å². The molecule has 6 heterocycles. The summed E-state index contributed by atoms with van der Waals surface area (Å²) in [6.45, 7) is 28.1. The average Bonchev–Trinajstić information content (AvgIpc) is 1.61. The van der Waals surface area contributed by atoms with Gasteiger partial charge in [-0.3, -0.25) is 65.9 Å². The lowest BCUT2D eigenvalue weighted by Gasteiger charge is -2.25. The number of nitrogen functional groups attached to an aromatic ring is 1. The molecule has 51 heteroatoms. The summed E-state index contributed by atoms with van der Waals surface area (Å²) in [7, 11) is -9.75. The summed E-state index contributed by atoms with van der Waals surface area (Å²) in [5.74, 6) is -19.2. The van der Waals surface area contributed by atoms with Crippen LogP contribution in [0.4, 0.5) is 32.2 Å². The van der Waals surface area contributed by atoms with E-state index in [1.54, 1.807) is 125 Å². The van der Waals surface area contributed by atoms with Gasteiger partial charge in [-0.1, -0.05) is 117 Å². The number of hydrogen-bond acceptors (Lipinski definition) is 38. The number of nitrogens with one attached hydrogen (secondary N) is 1. The maximum absolute atomic E-state index is 16.2. The van der Waals surface area contributed by atoms with Crippen molar-refractivity contribution < 1.29 is 169 Å². The molecule has 4 N–H and O–H groups in total. The van der Waals surface area contributed by atoms with Gasteiger partial charge in [0, 0.05) is 83.6 Å². The van der Waals surface area contributed by atoms with Crippen molar-refractivity contribution in [2.75, 3.05) is 52.7 Å². The third-order valence-electron chi connectivity index (χ3n) is 19.9. The highest BCUT2D eigenvalue weighted by Gasteiger charge is 2.66. The van der Waals surface area contributed by atoms with E-state index in [4.69, 9.17) is 91.1 Å². The zero-order valence-corrected chi connectivity index (χ0v) is 90.1. The number of phosphoric acid groups is 2. The SMILES string of the molecule is CCCCCCCCC(=O)O[C@@H]1[C@@H](CO)O[C@@H](n2ccc(CC(=O)OC(C)(C)C)nc2=O)C1(F)F.CCCCCCCCC(=O)O[C@@H]1[C@@H](COP(=O)(OCOC(=O)C(C)(C)C)OCOC(=O)C(C)(C)C)O[C@@H](n2ccc(CC(=O)OC(C)(C)C)nc2=O)C1(F)F.CCCCCCCCC(=O)O[C@@H]1[C@@H](COP(=O)(OCOC(=O)C(C)(C)C)OCOC(=O)C(C)(C)C)O[C@@H](n2ccc(N)nc2=O)C1(F)F.[3H]N(I)I. The first-order valence-corrected chi connectivity index (χ1v) is 51.1. The minimum absolute atomic E-state index is 0.0254. The molecule has 9 atom stereocenters. The van der Waals surface area contributed by atoms with Crippen molar-refractivity contribution in [3.8, 4) is 0 Å². The standard InChI is InChI=1S/C36H57F2N2O14P.C30H48F2N3O12P.C24H36F2N2O7.HI2N/c1-11-12-13-14-15-16-17-26(41)53-28-25(21-49-55(46,50-22-47-30(43)33(2,3)4)51-23-48-31(44)34(5,6)7)52-29(36(28,37)38)40-19-18-24(39-32(40)45)20-27(42)54-35(8,9)10;1-8-9-10-11-12-13-14-22(36)47-23-20(46-24(30(23,31)32)35-16-15-21(33)34-27(35)39)17-43-48(40,44-18-41-25(37)28(2,3)4)45-19-42-26(38)29(5,6)7;1-5-6-7-8-9-10-11-18(30)34-20-17(15-29)33-21(24(20,25)26)28-13-12-16(27-22(28)32)14-19(31)35-23(2,3)4;1-3-2/h18-19,25,28-29H,11-17,20-23H2,1-10H3;15-16,20,23-24H,8-14,17-19H2,1-7H3,(H2,33,34,39);12-13,17,20-21,29H,5-11,14-15H2,1-4H3;3H/t25-,28-,29-;20-,23-,24-;17-,20-,21-;/m111./s1/i/hT. The summed E-state index contributed by atoms with van der Waals surface area (Å²) < 4.78 is 224. The molecule has 0 aliphatic carbocycles. The molecule has 141 heavy (non-hydrogen) atoms. The molecule has 0 aromatic carbocycles. The van der Waals surface area contributed by atoms with Gasteiger partial charge in [0.05, 0.1) is 65.7 Å². The van der Waals surface area contributed by atoms with E-state index >= 15 is 26.3 Å². The van der Waals surface area contributed by atoms with E-state index in [1.807, 2.05) is 45.7 Å². The van der Waals surface area contributed by atoms with Crippen molar-refractivity contribution >= 4 is 121 Å².